The van der Waals surface area contributed by atoms with Gasteiger partial charge in [0.15, 0.2) is 0 Å². The molecule has 2 aromatic heterocycles. The van der Waals surface area contributed by atoms with Gasteiger partial charge in [-0.15, -0.1) is 0 Å². The van der Waals surface area contributed by atoms with Crippen LogP contribution in [0.3, 0.4) is 0 Å². The van der Waals surface area contributed by atoms with E-state index in [1.807, 2.05) is 30.3 Å². The van der Waals surface area contributed by atoms with Gasteiger partial charge in [-0.1, -0.05) is 32.5 Å². The zero-order valence-corrected chi connectivity index (χ0v) is 15.3. The van der Waals surface area contributed by atoms with Crippen LogP contribution in [0.15, 0.2) is 64.6 Å². The lowest BCUT2D eigenvalue weighted by molar-refractivity contribution is 0.568. The minimum absolute atomic E-state index is 0.0848. The van der Waals surface area contributed by atoms with E-state index in [9.17, 15) is 0 Å². The Labute approximate surface area is 152 Å². The van der Waals surface area contributed by atoms with Crippen molar-refractivity contribution < 1.29 is 0 Å². The monoisotopic (exact) mass is 351 g/mol. The summed E-state index contributed by atoms with van der Waals surface area (Å²) in [6, 6.07) is 14.1. The van der Waals surface area contributed by atoms with Gasteiger partial charge in [-0.25, -0.2) is 4.98 Å². The zero-order valence-electron chi connectivity index (χ0n) is 14.5. The molecular weight excluding hydrogens is 330 g/mol. The Morgan fingerprint density at radius 3 is 2.20 bits per heavy atom. The summed E-state index contributed by atoms with van der Waals surface area (Å²) in [6.07, 6.45) is 3.59. The molecule has 0 spiro atoms. The fourth-order valence-corrected chi connectivity index (χ4v) is 3.01. The molecule has 5 nitrogen and oxygen atoms in total. The largest absolute Gasteiger partial charge is 0.368 e. The molecule has 0 radical (unpaired) electrons. The topological polar surface area (TPSA) is 76.7 Å². The number of aromatic nitrogens is 3. The van der Waals surface area contributed by atoms with E-state index >= 15 is 0 Å². The predicted octanol–water partition coefficient (Wildman–Crippen LogP) is 4.65. The van der Waals surface area contributed by atoms with Crippen molar-refractivity contribution in [3.8, 4) is 0 Å². The molecule has 0 amide bonds. The molecule has 128 valence electrons. The SMILES string of the molecule is CC(C)(C)c1cc(Nc2ccc(Sc3ccncc3)cc2)nc(N)n1. The van der Waals surface area contributed by atoms with E-state index in [2.05, 4.69) is 53.2 Å². The minimum atomic E-state index is -0.0848. The average molecular weight is 351 g/mol. The summed E-state index contributed by atoms with van der Waals surface area (Å²) in [5.74, 6) is 0.978. The van der Waals surface area contributed by atoms with E-state index in [0.29, 0.717) is 5.82 Å². The summed E-state index contributed by atoms with van der Waals surface area (Å²) in [7, 11) is 0. The van der Waals surface area contributed by atoms with Gasteiger partial charge in [-0.05, 0) is 36.4 Å². The molecule has 0 saturated carbocycles. The Balaban J connectivity index is 1.74. The number of pyridine rings is 1. The second-order valence-electron chi connectivity index (χ2n) is 6.68. The first-order valence-electron chi connectivity index (χ1n) is 8.00. The van der Waals surface area contributed by atoms with Gasteiger partial charge in [-0.2, -0.15) is 4.98 Å². The molecule has 0 fully saturated rings. The van der Waals surface area contributed by atoms with Gasteiger partial charge in [-0.3, -0.25) is 4.98 Å². The number of nitrogens with one attached hydrogen (secondary N) is 1. The summed E-state index contributed by atoms with van der Waals surface area (Å²) in [4.78, 5) is 15.0. The molecule has 3 rings (SSSR count). The van der Waals surface area contributed by atoms with Crippen molar-refractivity contribution in [2.75, 3.05) is 11.1 Å². The molecular formula is C19H21N5S. The van der Waals surface area contributed by atoms with Crippen molar-refractivity contribution in [3.63, 3.8) is 0 Å². The number of benzene rings is 1. The van der Waals surface area contributed by atoms with Gasteiger partial charge in [0.1, 0.15) is 5.82 Å². The standard InChI is InChI=1S/C19H21N5S/c1-19(2,3)16-12-17(24-18(20)23-16)22-13-4-6-14(7-5-13)25-15-8-10-21-11-9-15/h4-12H,1-3H3,(H3,20,22,23,24). The molecule has 0 saturated heterocycles. The van der Waals surface area contributed by atoms with Crippen LogP contribution >= 0.6 is 11.8 Å². The highest BCUT2D eigenvalue weighted by atomic mass is 32.2. The van der Waals surface area contributed by atoms with Crippen LogP contribution in [0.5, 0.6) is 0 Å². The molecule has 0 bridgehead atoms. The lowest BCUT2D eigenvalue weighted by Crippen LogP contribution is -2.16. The highest BCUT2D eigenvalue weighted by molar-refractivity contribution is 7.99. The van der Waals surface area contributed by atoms with Crippen LogP contribution in [0, 0.1) is 0 Å². The highest BCUT2D eigenvalue weighted by Gasteiger charge is 2.17. The lowest BCUT2D eigenvalue weighted by atomic mass is 9.92. The smallest absolute Gasteiger partial charge is 0.222 e. The minimum Gasteiger partial charge on any atom is -0.368 e. The number of hydrogen-bond donors (Lipinski definition) is 2. The molecule has 0 aliphatic heterocycles. The number of nitrogens with two attached hydrogens (primary N) is 1. The summed E-state index contributed by atoms with van der Waals surface area (Å²) in [5, 5.41) is 3.30. The number of rotatable bonds is 4. The van der Waals surface area contributed by atoms with Crippen molar-refractivity contribution in [1.29, 1.82) is 0 Å². The quantitative estimate of drug-likeness (QED) is 0.713. The van der Waals surface area contributed by atoms with E-state index < -0.39 is 0 Å². The van der Waals surface area contributed by atoms with Crippen molar-refractivity contribution >= 4 is 29.2 Å². The Morgan fingerprint density at radius 2 is 1.56 bits per heavy atom. The van der Waals surface area contributed by atoms with Crippen LogP contribution in [-0.4, -0.2) is 15.0 Å². The van der Waals surface area contributed by atoms with E-state index in [4.69, 9.17) is 5.73 Å². The van der Waals surface area contributed by atoms with Crippen LogP contribution in [0.1, 0.15) is 26.5 Å². The number of nitrogen functional groups attached to an aromatic ring is 1. The van der Waals surface area contributed by atoms with E-state index in [0.717, 1.165) is 21.2 Å². The summed E-state index contributed by atoms with van der Waals surface area (Å²) in [6.45, 7) is 6.30. The molecule has 6 heteroatoms. The van der Waals surface area contributed by atoms with E-state index in [1.165, 1.54) is 0 Å². The molecule has 0 aliphatic rings. The molecule has 3 aromatic rings. The first kappa shape index (κ1) is 17.2. The molecule has 0 atom stereocenters. The predicted molar refractivity (Wildman–Crippen MR) is 103 cm³/mol. The van der Waals surface area contributed by atoms with Gasteiger partial charge < -0.3 is 11.1 Å². The van der Waals surface area contributed by atoms with Gasteiger partial charge >= 0.3 is 0 Å². The Hall–Kier alpha value is -2.60. The average Bonchev–Trinajstić information content (AvgIpc) is 2.56. The molecule has 0 unspecified atom stereocenters. The summed E-state index contributed by atoms with van der Waals surface area (Å²) >= 11 is 1.70. The first-order valence-corrected chi connectivity index (χ1v) is 8.82. The third-order valence-electron chi connectivity index (χ3n) is 3.52. The summed E-state index contributed by atoms with van der Waals surface area (Å²) in [5.41, 5.74) is 7.63. The molecule has 3 N–H and O–H groups in total. The zero-order chi connectivity index (χ0) is 17.9. The van der Waals surface area contributed by atoms with E-state index in [-0.39, 0.29) is 11.4 Å². The third-order valence-corrected chi connectivity index (χ3v) is 4.54. The third kappa shape index (κ3) is 4.70. The lowest BCUT2D eigenvalue weighted by Gasteiger charge is -2.19. The molecule has 25 heavy (non-hydrogen) atoms. The van der Waals surface area contributed by atoms with E-state index in [1.54, 1.807) is 24.2 Å². The summed E-state index contributed by atoms with van der Waals surface area (Å²) < 4.78 is 0. The van der Waals surface area contributed by atoms with Gasteiger partial charge in [0.2, 0.25) is 5.95 Å². The van der Waals surface area contributed by atoms with Gasteiger partial charge in [0, 0.05) is 39.4 Å². The van der Waals surface area contributed by atoms with Crippen LogP contribution in [0.25, 0.3) is 0 Å². The highest BCUT2D eigenvalue weighted by Crippen LogP contribution is 2.29. The maximum Gasteiger partial charge on any atom is 0.222 e. The fourth-order valence-electron chi connectivity index (χ4n) is 2.21. The second kappa shape index (κ2) is 7.11. The number of nitrogens with zero attached hydrogens (tertiary/aromatic N) is 3. The number of hydrogen-bond acceptors (Lipinski definition) is 6. The molecule has 1 aromatic carbocycles. The van der Waals surface area contributed by atoms with Crippen LogP contribution in [0.4, 0.5) is 17.5 Å². The normalized spacial score (nSPS) is 11.3. The Morgan fingerprint density at radius 1 is 0.920 bits per heavy atom. The van der Waals surface area contributed by atoms with Gasteiger partial charge in [0.05, 0.1) is 5.69 Å². The Bertz CT molecular complexity index is 842. The van der Waals surface area contributed by atoms with Crippen LogP contribution < -0.4 is 11.1 Å². The van der Waals surface area contributed by atoms with Crippen molar-refractivity contribution in [2.24, 2.45) is 0 Å². The second-order valence-corrected chi connectivity index (χ2v) is 7.83. The number of anilines is 3. The fraction of sp³-hybridized carbons (Fsp3) is 0.211. The molecule has 0 aliphatic carbocycles. The van der Waals surface area contributed by atoms with Gasteiger partial charge in [0.25, 0.3) is 0 Å². The van der Waals surface area contributed by atoms with Crippen LogP contribution in [-0.2, 0) is 5.41 Å². The first-order chi connectivity index (χ1) is 11.9. The van der Waals surface area contributed by atoms with Crippen molar-refractivity contribution in [1.82, 2.24) is 15.0 Å². The maximum absolute atomic E-state index is 5.85. The maximum atomic E-state index is 5.85. The van der Waals surface area contributed by atoms with Crippen LogP contribution in [0.2, 0.25) is 0 Å². The van der Waals surface area contributed by atoms with Crippen molar-refractivity contribution in [2.45, 2.75) is 36.0 Å². The molecule has 2 heterocycles. The Kier molecular flexibility index (Phi) is 4.90. The van der Waals surface area contributed by atoms with Crippen molar-refractivity contribution in [3.05, 3.63) is 60.6 Å².